The third-order valence-electron chi connectivity index (χ3n) is 1.79. The molecule has 0 aromatic carbocycles. The van der Waals surface area contributed by atoms with Crippen molar-refractivity contribution in [1.29, 1.82) is 0 Å². The van der Waals surface area contributed by atoms with E-state index in [1.54, 1.807) is 20.8 Å². The second-order valence-electron chi connectivity index (χ2n) is 4.78. The van der Waals surface area contributed by atoms with Crippen molar-refractivity contribution in [2.75, 3.05) is 6.54 Å². The number of nitrogens with zero attached hydrogens (tertiary/aromatic N) is 1. The Bertz CT molecular complexity index is 333. The Labute approximate surface area is 106 Å². The van der Waals surface area contributed by atoms with Gasteiger partial charge in [-0.25, -0.2) is 9.90 Å². The Hall–Kier alpha value is -1.63. The highest BCUT2D eigenvalue weighted by Gasteiger charge is 2.27. The number of hydrogen-bond acceptors (Lipinski definition) is 5. The molecule has 1 amide bonds. The summed E-state index contributed by atoms with van der Waals surface area (Å²) in [5.41, 5.74) is -0.703. The molecule has 7 nitrogen and oxygen atoms in total. The summed E-state index contributed by atoms with van der Waals surface area (Å²) >= 11 is 0. The molecule has 7 heteroatoms. The van der Waals surface area contributed by atoms with E-state index in [4.69, 9.17) is 14.7 Å². The van der Waals surface area contributed by atoms with Gasteiger partial charge in [-0.2, -0.15) is 0 Å². The van der Waals surface area contributed by atoms with Gasteiger partial charge in [-0.3, -0.25) is 14.4 Å². The standard InChI is InChI=1S/C11H19NO6/c1-7(13)12(6-9(14)15)18-8(2)17-10(16)11(3,4)5/h8H,6H2,1-5H3,(H,14,15). The van der Waals surface area contributed by atoms with Crippen LogP contribution in [-0.2, 0) is 24.0 Å². The molecule has 1 unspecified atom stereocenters. The van der Waals surface area contributed by atoms with E-state index < -0.39 is 36.1 Å². The summed E-state index contributed by atoms with van der Waals surface area (Å²) in [6, 6.07) is 0. The first-order chi connectivity index (χ1) is 8.04. The van der Waals surface area contributed by atoms with Crippen LogP contribution in [0.2, 0.25) is 0 Å². The maximum Gasteiger partial charge on any atom is 0.325 e. The first-order valence-corrected chi connectivity index (χ1v) is 5.41. The largest absolute Gasteiger partial charge is 0.480 e. The molecule has 0 saturated carbocycles. The van der Waals surface area contributed by atoms with E-state index in [0.717, 1.165) is 6.92 Å². The van der Waals surface area contributed by atoms with Gasteiger partial charge >= 0.3 is 11.9 Å². The minimum absolute atomic E-state index is 0.506. The summed E-state index contributed by atoms with van der Waals surface area (Å²) in [5, 5.41) is 9.20. The van der Waals surface area contributed by atoms with Gasteiger partial charge in [0.1, 0.15) is 6.54 Å². The number of hydroxylamine groups is 2. The Kier molecular flexibility index (Phi) is 5.77. The Morgan fingerprint density at radius 2 is 1.78 bits per heavy atom. The maximum atomic E-state index is 11.5. The third kappa shape index (κ3) is 6.19. The normalized spacial score (nSPS) is 12.7. The molecule has 0 spiro atoms. The molecule has 18 heavy (non-hydrogen) atoms. The molecule has 0 aromatic rings. The number of ether oxygens (including phenoxy) is 1. The van der Waals surface area contributed by atoms with Crippen molar-refractivity contribution in [3.05, 3.63) is 0 Å². The Morgan fingerprint density at radius 3 is 2.11 bits per heavy atom. The van der Waals surface area contributed by atoms with Gasteiger partial charge in [0.2, 0.25) is 12.2 Å². The second-order valence-corrected chi connectivity index (χ2v) is 4.78. The number of carboxylic acid groups (broad SMARTS) is 1. The molecule has 0 saturated heterocycles. The molecule has 1 N–H and O–H groups in total. The molecular weight excluding hydrogens is 242 g/mol. The lowest BCUT2D eigenvalue weighted by Crippen LogP contribution is -2.39. The van der Waals surface area contributed by atoms with E-state index >= 15 is 0 Å². The van der Waals surface area contributed by atoms with E-state index in [1.165, 1.54) is 6.92 Å². The summed E-state index contributed by atoms with van der Waals surface area (Å²) in [6.07, 6.45) is -1.04. The van der Waals surface area contributed by atoms with Crippen LogP contribution in [-0.4, -0.2) is 40.9 Å². The monoisotopic (exact) mass is 261 g/mol. The molecule has 1 atom stereocenters. The van der Waals surface area contributed by atoms with Gasteiger partial charge in [0.05, 0.1) is 5.41 Å². The molecule has 0 bridgehead atoms. The highest BCUT2D eigenvalue weighted by molar-refractivity contribution is 5.78. The van der Waals surface area contributed by atoms with Crippen molar-refractivity contribution in [2.24, 2.45) is 5.41 Å². The van der Waals surface area contributed by atoms with Crippen LogP contribution in [0.3, 0.4) is 0 Å². The van der Waals surface area contributed by atoms with E-state index in [2.05, 4.69) is 0 Å². The summed E-state index contributed by atoms with van der Waals surface area (Å²) in [4.78, 5) is 38.1. The first-order valence-electron chi connectivity index (χ1n) is 5.41. The van der Waals surface area contributed by atoms with E-state index in [1.807, 2.05) is 0 Å². The van der Waals surface area contributed by atoms with Crippen LogP contribution in [0.4, 0.5) is 0 Å². The average molecular weight is 261 g/mol. The minimum atomic E-state index is -1.22. The quantitative estimate of drug-likeness (QED) is 0.446. The van der Waals surface area contributed by atoms with Crippen molar-refractivity contribution in [3.8, 4) is 0 Å². The lowest BCUT2D eigenvalue weighted by Gasteiger charge is -2.25. The molecular formula is C11H19NO6. The van der Waals surface area contributed by atoms with Crippen LogP contribution < -0.4 is 0 Å². The number of rotatable bonds is 5. The van der Waals surface area contributed by atoms with Crippen LogP contribution >= 0.6 is 0 Å². The Morgan fingerprint density at radius 1 is 1.28 bits per heavy atom. The van der Waals surface area contributed by atoms with Gasteiger partial charge < -0.3 is 9.84 Å². The number of carboxylic acids is 1. The molecule has 0 heterocycles. The smallest absolute Gasteiger partial charge is 0.325 e. The zero-order valence-corrected chi connectivity index (χ0v) is 11.2. The van der Waals surface area contributed by atoms with E-state index in [0.29, 0.717) is 5.06 Å². The van der Waals surface area contributed by atoms with Gasteiger partial charge in [0, 0.05) is 13.8 Å². The van der Waals surface area contributed by atoms with E-state index in [9.17, 15) is 14.4 Å². The van der Waals surface area contributed by atoms with Crippen LogP contribution in [0.25, 0.3) is 0 Å². The van der Waals surface area contributed by atoms with E-state index in [-0.39, 0.29) is 0 Å². The molecule has 0 aliphatic heterocycles. The summed E-state index contributed by atoms with van der Waals surface area (Å²) in [7, 11) is 0. The number of carbonyl (C=O) groups excluding carboxylic acids is 2. The molecule has 0 radical (unpaired) electrons. The predicted octanol–water partition coefficient (Wildman–Crippen LogP) is 0.786. The molecule has 0 fully saturated rings. The van der Waals surface area contributed by atoms with Crippen molar-refractivity contribution in [3.63, 3.8) is 0 Å². The van der Waals surface area contributed by atoms with Gasteiger partial charge in [0.15, 0.2) is 0 Å². The van der Waals surface area contributed by atoms with Crippen LogP contribution in [0.15, 0.2) is 0 Å². The van der Waals surface area contributed by atoms with Crippen LogP contribution in [0.1, 0.15) is 34.6 Å². The second kappa shape index (κ2) is 6.34. The number of carbonyl (C=O) groups is 3. The molecule has 0 aliphatic carbocycles. The molecule has 0 rings (SSSR count). The summed E-state index contributed by atoms with van der Waals surface area (Å²) in [5.74, 6) is -2.32. The number of amides is 1. The van der Waals surface area contributed by atoms with Gasteiger partial charge in [-0.15, -0.1) is 0 Å². The third-order valence-corrected chi connectivity index (χ3v) is 1.79. The van der Waals surface area contributed by atoms with Crippen molar-refractivity contribution in [2.45, 2.75) is 40.9 Å². The number of esters is 1. The number of hydrogen-bond donors (Lipinski definition) is 1. The zero-order valence-electron chi connectivity index (χ0n) is 11.2. The predicted molar refractivity (Wildman–Crippen MR) is 61.1 cm³/mol. The molecule has 104 valence electrons. The fraction of sp³-hybridized carbons (Fsp3) is 0.727. The van der Waals surface area contributed by atoms with Crippen molar-refractivity contribution >= 4 is 17.8 Å². The first kappa shape index (κ1) is 16.4. The van der Waals surface area contributed by atoms with Gasteiger partial charge in [-0.05, 0) is 20.8 Å². The average Bonchev–Trinajstić information content (AvgIpc) is 2.13. The summed E-state index contributed by atoms with van der Waals surface area (Å²) in [6.45, 7) is 6.95. The van der Waals surface area contributed by atoms with Crippen LogP contribution in [0, 0.1) is 5.41 Å². The van der Waals surface area contributed by atoms with Crippen LogP contribution in [0.5, 0.6) is 0 Å². The molecule has 0 aromatic heterocycles. The highest BCUT2D eigenvalue weighted by Crippen LogP contribution is 2.16. The maximum absolute atomic E-state index is 11.5. The topological polar surface area (TPSA) is 93.1 Å². The SMILES string of the molecule is CC(=O)N(CC(=O)O)OC(C)OC(=O)C(C)(C)C. The highest BCUT2D eigenvalue weighted by atomic mass is 16.8. The fourth-order valence-electron chi connectivity index (χ4n) is 0.874. The Balaban J connectivity index is 4.43. The zero-order chi connectivity index (χ0) is 14.5. The lowest BCUT2D eigenvalue weighted by atomic mass is 9.97. The number of aliphatic carboxylic acids is 1. The van der Waals surface area contributed by atoms with Crippen molar-refractivity contribution < 1.29 is 29.1 Å². The molecule has 0 aliphatic rings. The summed E-state index contributed by atoms with van der Waals surface area (Å²) < 4.78 is 4.93. The fourth-order valence-corrected chi connectivity index (χ4v) is 0.874. The minimum Gasteiger partial charge on any atom is -0.480 e. The lowest BCUT2D eigenvalue weighted by molar-refractivity contribution is -0.260. The van der Waals surface area contributed by atoms with Gasteiger partial charge in [0.25, 0.3) is 0 Å². The van der Waals surface area contributed by atoms with Crippen molar-refractivity contribution in [1.82, 2.24) is 5.06 Å². The van der Waals surface area contributed by atoms with Gasteiger partial charge in [-0.1, -0.05) is 0 Å².